The van der Waals surface area contributed by atoms with E-state index in [1.165, 1.54) is 12.5 Å². The molecule has 0 bridgehead atoms. The number of carbonyl (C=O) groups excluding carboxylic acids is 2. The van der Waals surface area contributed by atoms with Crippen molar-refractivity contribution < 1.29 is 9.59 Å². The predicted molar refractivity (Wildman–Crippen MR) is 108 cm³/mol. The number of rotatable bonds is 16. The maximum Gasteiger partial charge on any atom is 0.243 e. The molecule has 1 N–H and O–H groups in total. The molecular formula is C17H31NO2S3. The zero-order chi connectivity index (χ0) is 17.3. The molecule has 0 aromatic rings. The highest BCUT2D eigenvalue weighted by Gasteiger charge is 2.07. The van der Waals surface area contributed by atoms with Crippen LogP contribution in [0.1, 0.15) is 46.0 Å². The molecule has 0 aromatic carbocycles. The van der Waals surface area contributed by atoms with Crippen molar-refractivity contribution in [1.82, 2.24) is 5.32 Å². The van der Waals surface area contributed by atoms with Gasteiger partial charge in [0.15, 0.2) is 0 Å². The van der Waals surface area contributed by atoms with Crippen molar-refractivity contribution in [2.75, 3.05) is 29.6 Å². The van der Waals surface area contributed by atoms with Crippen LogP contribution in [0.25, 0.3) is 0 Å². The van der Waals surface area contributed by atoms with Gasteiger partial charge in [0.25, 0.3) is 0 Å². The van der Waals surface area contributed by atoms with Gasteiger partial charge in [0, 0.05) is 36.6 Å². The van der Waals surface area contributed by atoms with Crippen LogP contribution in [0.15, 0.2) is 12.7 Å². The Hall–Kier alpha value is -0.0700. The molecule has 0 saturated carbocycles. The van der Waals surface area contributed by atoms with Crippen LogP contribution in [-0.2, 0) is 9.59 Å². The van der Waals surface area contributed by atoms with Gasteiger partial charge in [0.2, 0.25) is 5.91 Å². The normalized spacial score (nSPS) is 11.9. The number of hydrogen-bond donors (Lipinski definition) is 1. The van der Waals surface area contributed by atoms with E-state index in [9.17, 15) is 9.59 Å². The first kappa shape index (κ1) is 22.9. The number of nitrogens with one attached hydrogen (secondary N) is 1. The summed E-state index contributed by atoms with van der Waals surface area (Å²) < 4.78 is 0. The first-order valence-corrected chi connectivity index (χ1v) is 12.0. The van der Waals surface area contributed by atoms with Crippen LogP contribution in [0.2, 0.25) is 0 Å². The van der Waals surface area contributed by atoms with E-state index in [0.29, 0.717) is 18.2 Å². The quantitative estimate of drug-likeness (QED) is 0.242. The zero-order valence-electron chi connectivity index (χ0n) is 14.5. The first-order chi connectivity index (χ1) is 11.1. The molecule has 23 heavy (non-hydrogen) atoms. The monoisotopic (exact) mass is 377 g/mol. The standard InChI is InChI=1S/C17H31NO2S3/c1-4-11-21-12-9-16(19)7-6-15(3)8-13-22-23-14-10-18-17(20)5-2/h5,15H,2,4,6-14H2,1,3H3,(H,18,20). The van der Waals surface area contributed by atoms with Crippen molar-refractivity contribution in [3.8, 4) is 0 Å². The molecule has 1 atom stereocenters. The van der Waals surface area contributed by atoms with Gasteiger partial charge < -0.3 is 5.32 Å². The summed E-state index contributed by atoms with van der Waals surface area (Å²) in [5, 5.41) is 2.76. The highest BCUT2D eigenvalue weighted by molar-refractivity contribution is 8.76. The fourth-order valence-corrected chi connectivity index (χ4v) is 4.79. The Kier molecular flexibility index (Phi) is 16.7. The number of ketones is 1. The van der Waals surface area contributed by atoms with E-state index in [1.54, 1.807) is 10.8 Å². The third-order valence-electron chi connectivity index (χ3n) is 3.24. The van der Waals surface area contributed by atoms with E-state index >= 15 is 0 Å². The molecule has 0 rings (SSSR count). The van der Waals surface area contributed by atoms with E-state index in [0.717, 1.165) is 48.7 Å². The van der Waals surface area contributed by atoms with Gasteiger partial charge in [-0.2, -0.15) is 11.8 Å². The number of thioether (sulfide) groups is 1. The number of Topliss-reactive ketones (excluding diaryl/α,β-unsaturated/α-hetero) is 1. The minimum absolute atomic E-state index is 0.109. The molecule has 1 unspecified atom stereocenters. The lowest BCUT2D eigenvalue weighted by Gasteiger charge is -2.10. The van der Waals surface area contributed by atoms with Crippen LogP contribution in [0.5, 0.6) is 0 Å². The van der Waals surface area contributed by atoms with Crippen molar-refractivity contribution in [3.63, 3.8) is 0 Å². The second-order valence-electron chi connectivity index (χ2n) is 5.47. The maximum atomic E-state index is 11.8. The molecule has 0 aliphatic rings. The fraction of sp³-hybridized carbons (Fsp3) is 0.765. The molecule has 0 spiro atoms. The minimum atomic E-state index is -0.109. The summed E-state index contributed by atoms with van der Waals surface area (Å²) in [5.74, 6) is 5.07. The third-order valence-corrected chi connectivity index (χ3v) is 6.87. The van der Waals surface area contributed by atoms with Gasteiger partial charge in [-0.1, -0.05) is 42.0 Å². The number of hydrogen-bond acceptors (Lipinski definition) is 5. The summed E-state index contributed by atoms with van der Waals surface area (Å²) in [6.45, 7) is 8.50. The Labute approximate surface area is 154 Å². The van der Waals surface area contributed by atoms with Crippen LogP contribution in [-0.4, -0.2) is 41.2 Å². The minimum Gasteiger partial charge on any atom is -0.352 e. The van der Waals surface area contributed by atoms with Crippen LogP contribution in [0, 0.1) is 5.92 Å². The summed E-state index contributed by atoms with van der Waals surface area (Å²) in [6.07, 6.45) is 6.11. The molecule has 0 radical (unpaired) electrons. The summed E-state index contributed by atoms with van der Waals surface area (Å²) in [4.78, 5) is 22.7. The summed E-state index contributed by atoms with van der Waals surface area (Å²) in [7, 11) is 3.63. The van der Waals surface area contributed by atoms with Crippen molar-refractivity contribution >= 4 is 45.0 Å². The Balaban J connectivity index is 3.39. The highest BCUT2D eigenvalue weighted by atomic mass is 33.1. The third kappa shape index (κ3) is 16.6. The van der Waals surface area contributed by atoms with Crippen LogP contribution in [0.4, 0.5) is 0 Å². The van der Waals surface area contributed by atoms with Gasteiger partial charge in [-0.05, 0) is 37.0 Å². The first-order valence-electron chi connectivity index (χ1n) is 8.34. The Morgan fingerprint density at radius 2 is 1.83 bits per heavy atom. The topological polar surface area (TPSA) is 46.2 Å². The highest BCUT2D eigenvalue weighted by Crippen LogP contribution is 2.24. The second-order valence-corrected chi connectivity index (χ2v) is 9.40. The largest absolute Gasteiger partial charge is 0.352 e. The Morgan fingerprint density at radius 3 is 2.52 bits per heavy atom. The van der Waals surface area contributed by atoms with Crippen LogP contribution in [0.3, 0.4) is 0 Å². The smallest absolute Gasteiger partial charge is 0.243 e. The van der Waals surface area contributed by atoms with E-state index in [4.69, 9.17) is 0 Å². The Bertz CT molecular complexity index is 338. The van der Waals surface area contributed by atoms with Crippen LogP contribution < -0.4 is 5.32 Å². The Morgan fingerprint density at radius 1 is 1.09 bits per heavy atom. The fourth-order valence-electron chi connectivity index (χ4n) is 1.76. The zero-order valence-corrected chi connectivity index (χ0v) is 16.9. The molecule has 0 saturated heterocycles. The molecule has 6 heteroatoms. The van der Waals surface area contributed by atoms with Crippen molar-refractivity contribution in [2.45, 2.75) is 46.0 Å². The van der Waals surface area contributed by atoms with Crippen LogP contribution >= 0.6 is 33.3 Å². The maximum absolute atomic E-state index is 11.8. The molecule has 0 aliphatic carbocycles. The van der Waals surface area contributed by atoms with Crippen molar-refractivity contribution in [1.29, 1.82) is 0 Å². The lowest BCUT2D eigenvalue weighted by molar-refractivity contribution is -0.119. The molecule has 0 heterocycles. The average Bonchev–Trinajstić information content (AvgIpc) is 2.55. The molecule has 1 amide bonds. The summed E-state index contributed by atoms with van der Waals surface area (Å²) in [6, 6.07) is 0. The summed E-state index contributed by atoms with van der Waals surface area (Å²) in [5.41, 5.74) is 0. The van der Waals surface area contributed by atoms with Gasteiger partial charge in [0.05, 0.1) is 0 Å². The van der Waals surface area contributed by atoms with Gasteiger partial charge in [-0.15, -0.1) is 0 Å². The van der Waals surface area contributed by atoms with Gasteiger partial charge in [-0.3, -0.25) is 9.59 Å². The van der Waals surface area contributed by atoms with Gasteiger partial charge in [0.1, 0.15) is 5.78 Å². The number of carbonyl (C=O) groups is 2. The number of amides is 1. The van der Waals surface area contributed by atoms with Gasteiger partial charge in [-0.25, -0.2) is 0 Å². The molecule has 0 aliphatic heterocycles. The average molecular weight is 378 g/mol. The van der Waals surface area contributed by atoms with Crippen molar-refractivity contribution in [3.05, 3.63) is 12.7 Å². The van der Waals surface area contributed by atoms with E-state index in [1.807, 2.05) is 22.6 Å². The molecular weight excluding hydrogens is 346 g/mol. The second kappa shape index (κ2) is 16.8. The van der Waals surface area contributed by atoms with E-state index in [2.05, 4.69) is 25.7 Å². The molecule has 3 nitrogen and oxygen atoms in total. The molecule has 134 valence electrons. The van der Waals surface area contributed by atoms with Gasteiger partial charge >= 0.3 is 0 Å². The van der Waals surface area contributed by atoms with E-state index < -0.39 is 0 Å². The summed E-state index contributed by atoms with van der Waals surface area (Å²) >= 11 is 1.88. The predicted octanol–water partition coefficient (Wildman–Crippen LogP) is 4.58. The molecule has 0 fully saturated rings. The van der Waals surface area contributed by atoms with E-state index in [-0.39, 0.29) is 5.91 Å². The SMILES string of the molecule is C=CC(=O)NCCSSCCC(C)CCC(=O)CCSCCC. The lowest BCUT2D eigenvalue weighted by Crippen LogP contribution is -2.23. The molecule has 0 aromatic heterocycles. The lowest BCUT2D eigenvalue weighted by atomic mass is 10.0. The van der Waals surface area contributed by atoms with Crippen molar-refractivity contribution in [2.24, 2.45) is 5.92 Å².